The Bertz CT molecular complexity index is 551. The van der Waals surface area contributed by atoms with Gasteiger partial charge in [0.2, 0.25) is 0 Å². The number of nitrogens with zero attached hydrogens (tertiary/aromatic N) is 2. The minimum atomic E-state index is -0.0450. The fraction of sp³-hybridized carbons (Fsp3) is 0.286. The summed E-state index contributed by atoms with van der Waals surface area (Å²) < 4.78 is 2.84. The van der Waals surface area contributed by atoms with E-state index in [-0.39, 0.29) is 5.91 Å². The van der Waals surface area contributed by atoms with Gasteiger partial charge in [0.1, 0.15) is 5.69 Å². The Hall–Kier alpha value is -1.62. The van der Waals surface area contributed by atoms with Crippen LogP contribution in [0.15, 0.2) is 41.3 Å². The van der Waals surface area contributed by atoms with E-state index in [4.69, 9.17) is 0 Å². The van der Waals surface area contributed by atoms with Gasteiger partial charge in [-0.2, -0.15) is 0 Å². The van der Waals surface area contributed by atoms with Gasteiger partial charge >= 0.3 is 0 Å². The Morgan fingerprint density at radius 3 is 3.05 bits per heavy atom. The molecule has 0 aromatic carbocycles. The maximum atomic E-state index is 12.1. The molecule has 2 aromatic heterocycles. The van der Waals surface area contributed by atoms with Gasteiger partial charge in [0.05, 0.1) is 0 Å². The van der Waals surface area contributed by atoms with Gasteiger partial charge in [-0.15, -0.1) is 0 Å². The van der Waals surface area contributed by atoms with Crippen molar-refractivity contribution in [3.05, 3.63) is 52.5 Å². The van der Waals surface area contributed by atoms with Crippen LogP contribution in [0.2, 0.25) is 0 Å². The van der Waals surface area contributed by atoms with Crippen LogP contribution in [-0.2, 0) is 13.0 Å². The van der Waals surface area contributed by atoms with Crippen molar-refractivity contribution < 1.29 is 4.79 Å². The monoisotopic (exact) mass is 321 g/mol. The number of rotatable bonds is 5. The van der Waals surface area contributed by atoms with E-state index in [0.29, 0.717) is 12.2 Å². The molecule has 0 saturated heterocycles. The lowest BCUT2D eigenvalue weighted by Gasteiger charge is -2.07. The quantitative estimate of drug-likeness (QED) is 0.920. The summed E-state index contributed by atoms with van der Waals surface area (Å²) in [5.74, 6) is -0.0450. The summed E-state index contributed by atoms with van der Waals surface area (Å²) in [6, 6.07) is 5.74. The SMILES string of the molecule is CCn1cc(Br)cc1C(=O)NCCc1cccnc1. The van der Waals surface area contributed by atoms with Crippen LogP contribution in [0.5, 0.6) is 0 Å². The molecule has 0 aliphatic rings. The number of pyridine rings is 1. The molecule has 0 fully saturated rings. The highest BCUT2D eigenvalue weighted by Crippen LogP contribution is 2.14. The Morgan fingerprint density at radius 2 is 2.37 bits per heavy atom. The molecule has 0 unspecified atom stereocenters. The van der Waals surface area contributed by atoms with Gasteiger partial charge in [0.15, 0.2) is 0 Å². The van der Waals surface area contributed by atoms with Crippen molar-refractivity contribution in [3.63, 3.8) is 0 Å². The predicted octanol–water partition coefficient (Wildman–Crippen LogP) is 2.64. The van der Waals surface area contributed by atoms with Crippen LogP contribution in [-0.4, -0.2) is 22.0 Å². The van der Waals surface area contributed by atoms with E-state index in [9.17, 15) is 4.79 Å². The third kappa shape index (κ3) is 3.67. The summed E-state index contributed by atoms with van der Waals surface area (Å²) >= 11 is 3.39. The van der Waals surface area contributed by atoms with Crippen LogP contribution in [0.1, 0.15) is 23.0 Å². The van der Waals surface area contributed by atoms with Crippen molar-refractivity contribution in [1.29, 1.82) is 0 Å². The largest absolute Gasteiger partial charge is 0.350 e. The second-order valence-electron chi connectivity index (χ2n) is 4.20. The molecule has 2 heterocycles. The highest BCUT2D eigenvalue weighted by Gasteiger charge is 2.11. The normalized spacial score (nSPS) is 10.4. The Balaban J connectivity index is 1.91. The minimum Gasteiger partial charge on any atom is -0.350 e. The number of carbonyl (C=O) groups is 1. The van der Waals surface area contributed by atoms with Crippen LogP contribution in [0.3, 0.4) is 0 Å². The molecular formula is C14H16BrN3O. The molecular weight excluding hydrogens is 306 g/mol. The first-order valence-corrected chi connectivity index (χ1v) is 7.02. The number of carbonyl (C=O) groups excluding carboxylic acids is 1. The maximum absolute atomic E-state index is 12.1. The summed E-state index contributed by atoms with van der Waals surface area (Å²) in [6.45, 7) is 3.40. The van der Waals surface area contributed by atoms with Gasteiger partial charge in [-0.25, -0.2) is 0 Å². The summed E-state index contributed by atoms with van der Waals surface area (Å²) in [4.78, 5) is 16.1. The van der Waals surface area contributed by atoms with E-state index in [0.717, 1.165) is 23.0 Å². The van der Waals surface area contributed by atoms with Crippen LogP contribution in [0.4, 0.5) is 0 Å². The van der Waals surface area contributed by atoms with Gasteiger partial charge in [0, 0.05) is 36.2 Å². The van der Waals surface area contributed by atoms with Gasteiger partial charge < -0.3 is 9.88 Å². The average Bonchev–Trinajstić information content (AvgIpc) is 2.81. The zero-order valence-corrected chi connectivity index (χ0v) is 12.4. The van der Waals surface area contributed by atoms with E-state index in [2.05, 4.69) is 26.2 Å². The summed E-state index contributed by atoms with van der Waals surface area (Å²) in [5.41, 5.74) is 1.80. The summed E-state index contributed by atoms with van der Waals surface area (Å²) in [5, 5.41) is 2.93. The molecule has 0 saturated carbocycles. The zero-order valence-electron chi connectivity index (χ0n) is 10.8. The Labute approximate surface area is 121 Å². The predicted molar refractivity (Wildman–Crippen MR) is 78.1 cm³/mol. The van der Waals surface area contributed by atoms with Crippen molar-refractivity contribution in [2.24, 2.45) is 0 Å². The average molecular weight is 322 g/mol. The molecule has 2 rings (SSSR count). The van der Waals surface area contributed by atoms with Crippen molar-refractivity contribution >= 4 is 21.8 Å². The molecule has 100 valence electrons. The highest BCUT2D eigenvalue weighted by molar-refractivity contribution is 9.10. The van der Waals surface area contributed by atoms with E-state index < -0.39 is 0 Å². The van der Waals surface area contributed by atoms with Crippen LogP contribution in [0, 0.1) is 0 Å². The molecule has 2 aromatic rings. The molecule has 1 amide bonds. The number of nitrogens with one attached hydrogen (secondary N) is 1. The van der Waals surface area contributed by atoms with Gasteiger partial charge in [0.25, 0.3) is 5.91 Å². The fourth-order valence-corrected chi connectivity index (χ4v) is 2.35. The first-order chi connectivity index (χ1) is 9.20. The van der Waals surface area contributed by atoms with Gasteiger partial charge in [-0.05, 0) is 47.0 Å². The third-order valence-electron chi connectivity index (χ3n) is 2.86. The van der Waals surface area contributed by atoms with Crippen LogP contribution < -0.4 is 5.32 Å². The van der Waals surface area contributed by atoms with Crippen molar-refractivity contribution in [2.75, 3.05) is 6.54 Å². The standard InChI is InChI=1S/C14H16BrN3O/c1-2-18-10-12(15)8-13(18)14(19)17-7-5-11-4-3-6-16-9-11/h3-4,6,8-10H,2,5,7H2,1H3,(H,17,19). The van der Waals surface area contributed by atoms with E-state index in [1.165, 1.54) is 0 Å². The second kappa shape index (κ2) is 6.52. The number of aryl methyl sites for hydroxylation is 1. The first kappa shape index (κ1) is 13.8. The van der Waals surface area contributed by atoms with E-state index in [1.54, 1.807) is 6.20 Å². The molecule has 0 aliphatic carbocycles. The van der Waals surface area contributed by atoms with Crippen molar-refractivity contribution in [2.45, 2.75) is 19.9 Å². The molecule has 5 heteroatoms. The van der Waals surface area contributed by atoms with Gasteiger partial charge in [-0.1, -0.05) is 6.07 Å². The third-order valence-corrected chi connectivity index (χ3v) is 3.29. The molecule has 0 bridgehead atoms. The van der Waals surface area contributed by atoms with Crippen LogP contribution >= 0.6 is 15.9 Å². The molecule has 4 nitrogen and oxygen atoms in total. The van der Waals surface area contributed by atoms with Crippen LogP contribution in [0.25, 0.3) is 0 Å². The smallest absolute Gasteiger partial charge is 0.267 e. The minimum absolute atomic E-state index is 0.0450. The summed E-state index contributed by atoms with van der Waals surface area (Å²) in [7, 11) is 0. The Morgan fingerprint density at radius 1 is 1.53 bits per heavy atom. The lowest BCUT2D eigenvalue weighted by atomic mass is 10.2. The number of aromatic nitrogens is 2. The Kier molecular flexibility index (Phi) is 4.74. The van der Waals surface area contributed by atoms with E-state index >= 15 is 0 Å². The molecule has 0 atom stereocenters. The second-order valence-corrected chi connectivity index (χ2v) is 5.11. The first-order valence-electron chi connectivity index (χ1n) is 6.23. The maximum Gasteiger partial charge on any atom is 0.267 e. The lowest BCUT2D eigenvalue weighted by Crippen LogP contribution is -2.27. The number of amides is 1. The molecule has 0 radical (unpaired) electrons. The molecule has 0 spiro atoms. The number of hydrogen-bond donors (Lipinski definition) is 1. The number of halogens is 1. The van der Waals surface area contributed by atoms with Crippen molar-refractivity contribution in [3.8, 4) is 0 Å². The topological polar surface area (TPSA) is 46.9 Å². The highest BCUT2D eigenvalue weighted by atomic mass is 79.9. The molecule has 19 heavy (non-hydrogen) atoms. The number of hydrogen-bond acceptors (Lipinski definition) is 2. The van der Waals surface area contributed by atoms with E-state index in [1.807, 2.05) is 42.1 Å². The molecule has 0 aliphatic heterocycles. The van der Waals surface area contributed by atoms with Crippen molar-refractivity contribution in [1.82, 2.24) is 14.9 Å². The molecule has 1 N–H and O–H groups in total. The fourth-order valence-electron chi connectivity index (χ4n) is 1.88. The summed E-state index contributed by atoms with van der Waals surface area (Å²) in [6.07, 6.45) is 6.26. The zero-order chi connectivity index (χ0) is 13.7. The van der Waals surface area contributed by atoms with Gasteiger partial charge in [-0.3, -0.25) is 9.78 Å². The lowest BCUT2D eigenvalue weighted by molar-refractivity contribution is 0.0945.